The van der Waals surface area contributed by atoms with Gasteiger partial charge in [0.05, 0.1) is 25.0 Å². The second-order valence-corrected chi connectivity index (χ2v) is 11.0. The van der Waals surface area contributed by atoms with Crippen LogP contribution in [0.5, 0.6) is 0 Å². The van der Waals surface area contributed by atoms with Crippen LogP contribution in [0.4, 0.5) is 0 Å². The molecule has 1 fully saturated rings. The molecule has 0 saturated heterocycles. The third-order valence-corrected chi connectivity index (χ3v) is 6.43. The van der Waals surface area contributed by atoms with Crippen LogP contribution in [0.15, 0.2) is 0 Å². The molecule has 0 radical (unpaired) electrons. The van der Waals surface area contributed by atoms with Crippen molar-refractivity contribution in [3.63, 3.8) is 0 Å². The molecule has 0 heterocycles. The summed E-state index contributed by atoms with van der Waals surface area (Å²) in [6, 6.07) is 0. The molecule has 1 rings (SSSR count). The molecule has 4 heteroatoms. The molecule has 1 saturated carbocycles. The second kappa shape index (κ2) is 15.7. The Bertz CT molecular complexity index is 494. The van der Waals surface area contributed by atoms with Gasteiger partial charge in [-0.15, -0.1) is 0 Å². The molecule has 3 atom stereocenters. The molecule has 0 aromatic carbocycles. The van der Waals surface area contributed by atoms with Crippen molar-refractivity contribution in [1.82, 2.24) is 0 Å². The van der Waals surface area contributed by atoms with Crippen molar-refractivity contribution in [2.75, 3.05) is 13.2 Å². The van der Waals surface area contributed by atoms with Gasteiger partial charge in [0.2, 0.25) is 0 Å². The molecule has 0 N–H and O–H groups in total. The third kappa shape index (κ3) is 13.2. The number of hydrogen-bond acceptors (Lipinski definition) is 4. The van der Waals surface area contributed by atoms with Crippen LogP contribution in [0.25, 0.3) is 0 Å². The highest BCUT2D eigenvalue weighted by Crippen LogP contribution is 2.32. The molecule has 0 amide bonds. The maximum atomic E-state index is 12.7. The third-order valence-electron chi connectivity index (χ3n) is 6.43. The normalized spacial score (nSPS) is 20.3. The van der Waals surface area contributed by atoms with Crippen LogP contribution < -0.4 is 0 Å². The minimum atomic E-state index is -0.322. The van der Waals surface area contributed by atoms with E-state index in [1.54, 1.807) is 0 Å². The lowest BCUT2D eigenvalue weighted by Crippen LogP contribution is -2.35. The van der Waals surface area contributed by atoms with E-state index in [0.717, 1.165) is 51.4 Å². The van der Waals surface area contributed by atoms with Gasteiger partial charge in [0.1, 0.15) is 0 Å². The summed E-state index contributed by atoms with van der Waals surface area (Å²) in [5, 5.41) is 0. The van der Waals surface area contributed by atoms with E-state index in [-0.39, 0.29) is 29.2 Å². The molecule has 0 aromatic rings. The lowest BCUT2D eigenvalue weighted by Gasteiger charge is -2.28. The Balaban J connectivity index is 2.28. The number of carbonyl (C=O) groups is 2. The van der Waals surface area contributed by atoms with Crippen molar-refractivity contribution in [3.8, 4) is 0 Å². The number of esters is 2. The fourth-order valence-corrected chi connectivity index (χ4v) is 4.83. The number of ether oxygens (including phenoxy) is 2. The average molecular weight is 439 g/mol. The molecule has 1 aliphatic rings. The van der Waals surface area contributed by atoms with E-state index in [4.69, 9.17) is 9.47 Å². The summed E-state index contributed by atoms with van der Waals surface area (Å²) >= 11 is 0. The molecule has 31 heavy (non-hydrogen) atoms. The highest BCUT2D eigenvalue weighted by Gasteiger charge is 2.37. The van der Waals surface area contributed by atoms with E-state index < -0.39 is 0 Å². The van der Waals surface area contributed by atoms with Crippen molar-refractivity contribution >= 4 is 11.9 Å². The Labute approximate surface area is 192 Å². The van der Waals surface area contributed by atoms with Gasteiger partial charge >= 0.3 is 11.9 Å². The fraction of sp³-hybridized carbons (Fsp3) is 0.926. The van der Waals surface area contributed by atoms with Crippen LogP contribution in [0, 0.1) is 23.2 Å². The van der Waals surface area contributed by atoms with Gasteiger partial charge in [0, 0.05) is 0 Å². The molecule has 0 spiro atoms. The van der Waals surface area contributed by atoms with Crippen molar-refractivity contribution in [1.29, 1.82) is 0 Å². The van der Waals surface area contributed by atoms with E-state index in [2.05, 4.69) is 34.6 Å². The predicted molar refractivity (Wildman–Crippen MR) is 128 cm³/mol. The second-order valence-electron chi connectivity index (χ2n) is 11.0. The van der Waals surface area contributed by atoms with E-state index in [9.17, 15) is 9.59 Å². The maximum absolute atomic E-state index is 12.7. The molecule has 0 bridgehead atoms. The highest BCUT2D eigenvalue weighted by molar-refractivity contribution is 5.82. The lowest BCUT2D eigenvalue weighted by molar-refractivity contribution is -0.163. The monoisotopic (exact) mass is 438 g/mol. The van der Waals surface area contributed by atoms with Crippen LogP contribution in [0.3, 0.4) is 0 Å². The SMILES string of the molecule is CCCCCCCCCCOC(=O)C1CCCCC1C(=O)OCCC(C)CC(C)(C)C. The van der Waals surface area contributed by atoms with Crippen LogP contribution in [0.2, 0.25) is 0 Å². The zero-order valence-electron chi connectivity index (χ0n) is 21.2. The first-order chi connectivity index (χ1) is 14.7. The standard InChI is InChI=1S/C27H50O4/c1-6-7-8-9-10-11-12-15-19-30-25(28)23-16-13-14-17-24(23)26(29)31-20-18-22(2)21-27(3,4)5/h22-24H,6-21H2,1-5H3. The molecule has 0 aliphatic heterocycles. The van der Waals surface area contributed by atoms with Gasteiger partial charge in [0.25, 0.3) is 0 Å². The highest BCUT2D eigenvalue weighted by atomic mass is 16.5. The van der Waals surface area contributed by atoms with E-state index in [1.165, 1.54) is 38.5 Å². The minimum Gasteiger partial charge on any atom is -0.465 e. The van der Waals surface area contributed by atoms with Gasteiger partial charge in [-0.2, -0.15) is 0 Å². The summed E-state index contributed by atoms with van der Waals surface area (Å²) in [5.74, 6) is -0.506. The molecule has 4 nitrogen and oxygen atoms in total. The van der Waals surface area contributed by atoms with Gasteiger partial charge < -0.3 is 9.47 Å². The van der Waals surface area contributed by atoms with Crippen molar-refractivity contribution in [2.24, 2.45) is 23.2 Å². The van der Waals surface area contributed by atoms with Crippen LogP contribution >= 0.6 is 0 Å². The Morgan fingerprint density at radius 2 is 1.29 bits per heavy atom. The quantitative estimate of drug-likeness (QED) is 0.196. The molecule has 3 unspecified atom stereocenters. The Hall–Kier alpha value is -1.06. The topological polar surface area (TPSA) is 52.6 Å². The van der Waals surface area contributed by atoms with Gasteiger partial charge in [-0.1, -0.05) is 92.4 Å². The first-order valence-corrected chi connectivity index (χ1v) is 13.1. The van der Waals surface area contributed by atoms with Crippen molar-refractivity contribution in [3.05, 3.63) is 0 Å². The summed E-state index contributed by atoms with van der Waals surface area (Å²) < 4.78 is 11.2. The Morgan fingerprint density at radius 3 is 1.81 bits per heavy atom. The first kappa shape index (κ1) is 28.0. The summed E-state index contributed by atoms with van der Waals surface area (Å²) in [7, 11) is 0. The van der Waals surface area contributed by atoms with Gasteiger partial charge in [-0.05, 0) is 43.4 Å². The van der Waals surface area contributed by atoms with Gasteiger partial charge in [-0.25, -0.2) is 0 Å². The largest absolute Gasteiger partial charge is 0.465 e. The number of unbranched alkanes of at least 4 members (excludes halogenated alkanes) is 7. The smallest absolute Gasteiger partial charge is 0.309 e. The summed E-state index contributed by atoms with van der Waals surface area (Å²) in [5.41, 5.74) is 0.288. The Morgan fingerprint density at radius 1 is 0.806 bits per heavy atom. The maximum Gasteiger partial charge on any atom is 0.309 e. The molecule has 182 valence electrons. The molecular weight excluding hydrogens is 388 g/mol. The zero-order valence-corrected chi connectivity index (χ0v) is 21.2. The van der Waals surface area contributed by atoms with E-state index in [0.29, 0.717) is 19.1 Å². The number of carbonyl (C=O) groups excluding carboxylic acids is 2. The zero-order chi connectivity index (χ0) is 23.1. The number of hydrogen-bond donors (Lipinski definition) is 0. The van der Waals surface area contributed by atoms with Crippen molar-refractivity contribution < 1.29 is 19.1 Å². The predicted octanol–water partition coefficient (Wildman–Crippen LogP) is 7.48. The summed E-state index contributed by atoms with van der Waals surface area (Å²) in [4.78, 5) is 25.3. The van der Waals surface area contributed by atoms with Crippen LogP contribution in [-0.4, -0.2) is 25.2 Å². The van der Waals surface area contributed by atoms with Crippen LogP contribution in [0.1, 0.15) is 125 Å². The minimum absolute atomic E-state index is 0.189. The van der Waals surface area contributed by atoms with Gasteiger partial charge in [-0.3, -0.25) is 9.59 Å². The van der Waals surface area contributed by atoms with E-state index >= 15 is 0 Å². The summed E-state index contributed by atoms with van der Waals surface area (Å²) in [6.45, 7) is 12.1. The Kier molecular flexibility index (Phi) is 14.2. The van der Waals surface area contributed by atoms with Crippen molar-refractivity contribution in [2.45, 2.75) is 125 Å². The fourth-order valence-electron chi connectivity index (χ4n) is 4.83. The molecule has 1 aliphatic carbocycles. The number of rotatable bonds is 15. The summed E-state index contributed by atoms with van der Waals surface area (Å²) in [6.07, 6.45) is 15.2. The average Bonchev–Trinajstić information content (AvgIpc) is 2.71. The van der Waals surface area contributed by atoms with Gasteiger partial charge in [0.15, 0.2) is 0 Å². The molecular formula is C27H50O4. The lowest BCUT2D eigenvalue weighted by atomic mass is 9.79. The first-order valence-electron chi connectivity index (χ1n) is 13.1. The molecule has 0 aromatic heterocycles. The van der Waals surface area contributed by atoms with Crippen LogP contribution in [-0.2, 0) is 19.1 Å². The van der Waals surface area contributed by atoms with E-state index in [1.807, 2.05) is 0 Å².